The van der Waals surface area contributed by atoms with E-state index in [2.05, 4.69) is 15.3 Å². The normalized spacial score (nSPS) is 19.3. The molecule has 9 heteroatoms. The van der Waals surface area contributed by atoms with Gasteiger partial charge in [-0.1, -0.05) is 12.1 Å². The highest BCUT2D eigenvalue weighted by Crippen LogP contribution is 2.31. The molecule has 1 atom stereocenters. The van der Waals surface area contributed by atoms with Crippen molar-refractivity contribution in [1.82, 2.24) is 25.1 Å². The van der Waals surface area contributed by atoms with E-state index < -0.39 is 6.03 Å². The fourth-order valence-corrected chi connectivity index (χ4v) is 4.04. The number of hydrogen-bond acceptors (Lipinski definition) is 4. The lowest BCUT2D eigenvalue weighted by Crippen LogP contribution is -2.39. The Hall–Kier alpha value is -3.23. The molecule has 30 heavy (non-hydrogen) atoms. The van der Waals surface area contributed by atoms with E-state index >= 15 is 0 Å². The smallest absolute Gasteiger partial charge is 0.324 e. The van der Waals surface area contributed by atoms with Crippen LogP contribution in [0.1, 0.15) is 44.0 Å². The van der Waals surface area contributed by atoms with Gasteiger partial charge in [0.25, 0.3) is 0 Å². The Morgan fingerprint density at radius 3 is 2.90 bits per heavy atom. The number of rotatable bonds is 6. The van der Waals surface area contributed by atoms with Crippen LogP contribution in [-0.4, -0.2) is 57.2 Å². The highest BCUT2D eigenvalue weighted by atomic mass is 19.1. The van der Waals surface area contributed by atoms with Gasteiger partial charge in [0.1, 0.15) is 11.6 Å². The molecule has 0 spiro atoms. The molecule has 0 bridgehead atoms. The van der Waals surface area contributed by atoms with Crippen molar-refractivity contribution in [3.8, 4) is 11.3 Å². The number of H-pyrrole nitrogens is 1. The number of piperidine rings is 1. The zero-order chi connectivity index (χ0) is 21.1. The number of aromatic nitrogens is 2. The number of imidazole rings is 1. The minimum absolute atomic E-state index is 0.0181. The van der Waals surface area contributed by atoms with Gasteiger partial charge < -0.3 is 15.2 Å². The molecule has 0 saturated carbocycles. The standard InChI is InChI=1S/C21H24FN5O3/c22-15-6-3-5-14(11-15)16-12-23-20(25-16)17-7-1-2-9-26(17)18(28)8-4-10-27-19(29)13-24-21(27)30/h3,5-6,11-12,17H,1-2,4,7-10,13H2,(H,23,25)(H,24,30). The molecular formula is C21H24FN5O3. The van der Waals surface area contributed by atoms with Gasteiger partial charge in [0.2, 0.25) is 11.8 Å². The molecule has 2 aromatic rings. The van der Waals surface area contributed by atoms with Gasteiger partial charge in [0.05, 0.1) is 24.5 Å². The first kappa shape index (κ1) is 20.1. The van der Waals surface area contributed by atoms with Crippen molar-refractivity contribution in [2.75, 3.05) is 19.6 Å². The number of nitrogens with one attached hydrogen (secondary N) is 2. The molecule has 0 aliphatic carbocycles. The summed E-state index contributed by atoms with van der Waals surface area (Å²) in [5.41, 5.74) is 1.41. The maximum Gasteiger partial charge on any atom is 0.324 e. The lowest BCUT2D eigenvalue weighted by molar-refractivity contribution is -0.135. The Kier molecular flexibility index (Phi) is 5.78. The third-order valence-electron chi connectivity index (χ3n) is 5.58. The van der Waals surface area contributed by atoms with Crippen molar-refractivity contribution in [2.45, 2.75) is 38.1 Å². The minimum atomic E-state index is -0.399. The average molecular weight is 413 g/mol. The summed E-state index contributed by atoms with van der Waals surface area (Å²) in [4.78, 5) is 46.8. The maximum absolute atomic E-state index is 13.5. The first-order chi connectivity index (χ1) is 14.5. The molecule has 3 heterocycles. The van der Waals surface area contributed by atoms with Crippen molar-refractivity contribution in [2.24, 2.45) is 0 Å². The second-order valence-electron chi connectivity index (χ2n) is 7.60. The van der Waals surface area contributed by atoms with Crippen molar-refractivity contribution in [1.29, 1.82) is 0 Å². The van der Waals surface area contributed by atoms with Crippen LogP contribution >= 0.6 is 0 Å². The fourth-order valence-electron chi connectivity index (χ4n) is 4.04. The molecule has 8 nitrogen and oxygen atoms in total. The molecule has 1 unspecified atom stereocenters. The molecule has 2 aliphatic rings. The Bertz CT molecular complexity index is 944. The molecule has 2 saturated heterocycles. The summed E-state index contributed by atoms with van der Waals surface area (Å²) >= 11 is 0. The molecule has 0 radical (unpaired) electrons. The van der Waals surface area contributed by atoms with E-state index in [4.69, 9.17) is 0 Å². The molecular weight excluding hydrogens is 389 g/mol. The predicted octanol–water partition coefficient (Wildman–Crippen LogP) is 2.60. The van der Waals surface area contributed by atoms with Gasteiger partial charge in [-0.15, -0.1) is 0 Å². The number of likely N-dealkylation sites (tertiary alicyclic amines) is 1. The van der Waals surface area contributed by atoms with E-state index in [0.29, 0.717) is 30.0 Å². The van der Waals surface area contributed by atoms with Crippen molar-refractivity contribution >= 4 is 17.8 Å². The summed E-state index contributed by atoms with van der Waals surface area (Å²) in [5.74, 6) is 0.0962. The zero-order valence-corrected chi connectivity index (χ0v) is 16.6. The van der Waals surface area contributed by atoms with E-state index in [1.807, 2.05) is 4.90 Å². The third-order valence-corrected chi connectivity index (χ3v) is 5.58. The number of aromatic amines is 1. The van der Waals surface area contributed by atoms with Crippen LogP contribution in [0.15, 0.2) is 30.5 Å². The zero-order valence-electron chi connectivity index (χ0n) is 16.6. The van der Waals surface area contributed by atoms with Crippen LogP contribution in [0.4, 0.5) is 9.18 Å². The number of benzene rings is 1. The summed E-state index contributed by atoms with van der Waals surface area (Å²) in [6, 6.07) is 5.72. The number of nitrogens with zero attached hydrogens (tertiary/aromatic N) is 3. The predicted molar refractivity (Wildman–Crippen MR) is 107 cm³/mol. The van der Waals surface area contributed by atoms with E-state index in [-0.39, 0.29) is 43.2 Å². The van der Waals surface area contributed by atoms with E-state index in [9.17, 15) is 18.8 Å². The number of hydrogen-bond donors (Lipinski definition) is 2. The number of carbonyl (C=O) groups excluding carboxylic acids is 3. The first-order valence-corrected chi connectivity index (χ1v) is 10.2. The quantitative estimate of drug-likeness (QED) is 0.711. The number of halogens is 1. The van der Waals surface area contributed by atoms with Crippen molar-refractivity contribution in [3.05, 3.63) is 42.1 Å². The third kappa shape index (κ3) is 4.19. The number of carbonyl (C=O) groups is 3. The van der Waals surface area contributed by atoms with Gasteiger partial charge in [-0.25, -0.2) is 14.2 Å². The summed E-state index contributed by atoms with van der Waals surface area (Å²) < 4.78 is 13.5. The van der Waals surface area contributed by atoms with Crippen LogP contribution in [0.5, 0.6) is 0 Å². The molecule has 2 fully saturated rings. The van der Waals surface area contributed by atoms with Gasteiger partial charge in [0.15, 0.2) is 0 Å². The summed E-state index contributed by atoms with van der Waals surface area (Å²) in [7, 11) is 0. The molecule has 2 aliphatic heterocycles. The Labute approximate surface area is 173 Å². The van der Waals surface area contributed by atoms with Gasteiger partial charge in [-0.2, -0.15) is 0 Å². The topological polar surface area (TPSA) is 98.4 Å². The molecule has 1 aromatic carbocycles. The Morgan fingerprint density at radius 1 is 1.27 bits per heavy atom. The highest BCUT2D eigenvalue weighted by molar-refractivity contribution is 6.01. The fraction of sp³-hybridized carbons (Fsp3) is 0.429. The summed E-state index contributed by atoms with van der Waals surface area (Å²) in [6.45, 7) is 0.898. The number of imide groups is 1. The summed E-state index contributed by atoms with van der Waals surface area (Å²) in [5, 5.41) is 2.47. The van der Waals surface area contributed by atoms with Gasteiger partial charge in [-0.05, 0) is 37.8 Å². The minimum Gasteiger partial charge on any atom is -0.340 e. The molecule has 4 amide bonds. The Morgan fingerprint density at radius 2 is 2.13 bits per heavy atom. The summed E-state index contributed by atoms with van der Waals surface area (Å²) in [6.07, 6.45) is 5.06. The second kappa shape index (κ2) is 8.64. The van der Waals surface area contributed by atoms with Crippen LogP contribution < -0.4 is 5.32 Å². The number of amides is 4. The van der Waals surface area contributed by atoms with Crippen molar-refractivity contribution < 1.29 is 18.8 Å². The lowest BCUT2D eigenvalue weighted by Gasteiger charge is -2.34. The monoisotopic (exact) mass is 413 g/mol. The molecule has 4 rings (SSSR count). The highest BCUT2D eigenvalue weighted by Gasteiger charge is 2.31. The van der Waals surface area contributed by atoms with E-state index in [1.165, 1.54) is 12.1 Å². The maximum atomic E-state index is 13.5. The van der Waals surface area contributed by atoms with Crippen LogP contribution in [0.3, 0.4) is 0 Å². The first-order valence-electron chi connectivity index (χ1n) is 10.2. The van der Waals surface area contributed by atoms with Gasteiger partial charge in [-0.3, -0.25) is 14.5 Å². The van der Waals surface area contributed by atoms with E-state index in [1.54, 1.807) is 18.3 Å². The Balaban J connectivity index is 1.41. The van der Waals surface area contributed by atoms with Gasteiger partial charge >= 0.3 is 6.03 Å². The van der Waals surface area contributed by atoms with Crippen LogP contribution in [0.2, 0.25) is 0 Å². The molecule has 158 valence electrons. The van der Waals surface area contributed by atoms with Gasteiger partial charge in [0, 0.05) is 25.1 Å². The van der Waals surface area contributed by atoms with Crippen LogP contribution in [0, 0.1) is 5.82 Å². The van der Waals surface area contributed by atoms with E-state index in [0.717, 1.165) is 24.2 Å². The second-order valence-corrected chi connectivity index (χ2v) is 7.60. The molecule has 1 aromatic heterocycles. The lowest BCUT2D eigenvalue weighted by atomic mass is 10.0. The van der Waals surface area contributed by atoms with Crippen LogP contribution in [-0.2, 0) is 9.59 Å². The SMILES string of the molecule is O=C1CNC(=O)N1CCCC(=O)N1CCCCC1c1ncc(-c2cccc(F)c2)[nH]1. The number of urea groups is 1. The largest absolute Gasteiger partial charge is 0.340 e. The van der Waals surface area contributed by atoms with Crippen LogP contribution in [0.25, 0.3) is 11.3 Å². The average Bonchev–Trinajstić information content (AvgIpc) is 3.36. The molecule has 2 N–H and O–H groups in total. The van der Waals surface area contributed by atoms with Crippen molar-refractivity contribution in [3.63, 3.8) is 0 Å².